The Balaban J connectivity index is 2.05. The number of hydrogen-bond acceptors (Lipinski definition) is 5. The van der Waals surface area contributed by atoms with Gasteiger partial charge in [0.15, 0.2) is 9.84 Å². The van der Waals surface area contributed by atoms with E-state index in [1.807, 2.05) is 7.05 Å². The molecule has 2 N–H and O–H groups in total. The third-order valence-corrected chi connectivity index (χ3v) is 5.32. The Hall–Kier alpha value is -1.11. The highest BCUT2D eigenvalue weighted by atomic mass is 32.2. The molecule has 0 radical (unpaired) electrons. The lowest BCUT2D eigenvalue weighted by molar-refractivity contribution is 0.0554. The van der Waals surface area contributed by atoms with Crippen LogP contribution in [0.1, 0.15) is 25.7 Å². The Morgan fingerprint density at radius 2 is 2.05 bits per heavy atom. The van der Waals surface area contributed by atoms with E-state index in [9.17, 15) is 13.5 Å². The lowest BCUT2D eigenvalue weighted by atomic mass is 9.81. The number of sulfone groups is 1. The molecule has 21 heavy (non-hydrogen) atoms. The van der Waals surface area contributed by atoms with E-state index in [2.05, 4.69) is 5.32 Å². The van der Waals surface area contributed by atoms with Crippen molar-refractivity contribution >= 4 is 9.84 Å². The van der Waals surface area contributed by atoms with Gasteiger partial charge < -0.3 is 15.2 Å². The predicted molar refractivity (Wildman–Crippen MR) is 81.3 cm³/mol. The third-order valence-electron chi connectivity index (χ3n) is 4.19. The zero-order valence-corrected chi connectivity index (χ0v) is 13.3. The molecule has 1 aromatic rings. The van der Waals surface area contributed by atoms with Crippen molar-refractivity contribution in [2.45, 2.75) is 42.2 Å². The second-order valence-corrected chi connectivity index (χ2v) is 7.78. The van der Waals surface area contributed by atoms with Crippen LogP contribution in [0.15, 0.2) is 29.2 Å². The lowest BCUT2D eigenvalue weighted by Crippen LogP contribution is -2.52. The maximum Gasteiger partial charge on any atom is 0.175 e. The topological polar surface area (TPSA) is 75.6 Å². The van der Waals surface area contributed by atoms with Gasteiger partial charge in [0.25, 0.3) is 0 Å². The first kappa shape index (κ1) is 16.3. The highest BCUT2D eigenvalue weighted by Gasteiger charge is 2.35. The first-order valence-corrected chi connectivity index (χ1v) is 9.04. The molecule has 5 nitrogen and oxygen atoms in total. The van der Waals surface area contributed by atoms with E-state index >= 15 is 0 Å². The Morgan fingerprint density at radius 3 is 2.57 bits per heavy atom. The largest absolute Gasteiger partial charge is 0.490 e. The number of benzene rings is 1. The van der Waals surface area contributed by atoms with Crippen LogP contribution in [0, 0.1) is 0 Å². The monoisotopic (exact) mass is 313 g/mol. The number of nitrogens with one attached hydrogen (secondary N) is 1. The Bertz CT molecular complexity index is 564. The van der Waals surface area contributed by atoms with Crippen LogP contribution in [-0.4, -0.2) is 45.1 Å². The van der Waals surface area contributed by atoms with Gasteiger partial charge in [0.1, 0.15) is 11.9 Å². The molecule has 0 heterocycles. The van der Waals surface area contributed by atoms with Crippen LogP contribution in [-0.2, 0) is 9.84 Å². The smallest absolute Gasteiger partial charge is 0.175 e. The molecule has 0 bridgehead atoms. The summed E-state index contributed by atoms with van der Waals surface area (Å²) in [6.45, 7) is 0.0936. The van der Waals surface area contributed by atoms with Gasteiger partial charge in [0.05, 0.1) is 11.5 Å². The maximum atomic E-state index is 11.4. The molecule has 0 saturated heterocycles. The van der Waals surface area contributed by atoms with Crippen molar-refractivity contribution < 1.29 is 18.3 Å². The van der Waals surface area contributed by atoms with Crippen LogP contribution in [0.3, 0.4) is 0 Å². The van der Waals surface area contributed by atoms with Gasteiger partial charge in [-0.1, -0.05) is 0 Å². The van der Waals surface area contributed by atoms with Gasteiger partial charge in [-0.2, -0.15) is 0 Å². The summed E-state index contributed by atoms with van der Waals surface area (Å²) < 4.78 is 28.8. The SMILES string of the molecule is CNC1(CO)CCCC(Oc2ccc(S(C)(=O)=O)cc2)C1. The molecule has 2 unspecified atom stereocenters. The Morgan fingerprint density at radius 1 is 1.38 bits per heavy atom. The van der Waals surface area contributed by atoms with Gasteiger partial charge in [-0.15, -0.1) is 0 Å². The number of likely N-dealkylation sites (N-methyl/N-ethyl adjacent to an activating group) is 1. The molecule has 2 atom stereocenters. The zero-order valence-electron chi connectivity index (χ0n) is 12.5. The van der Waals surface area contributed by atoms with Gasteiger partial charge in [0.2, 0.25) is 0 Å². The molecule has 0 amide bonds. The minimum Gasteiger partial charge on any atom is -0.490 e. The zero-order chi connectivity index (χ0) is 15.5. The van der Waals surface area contributed by atoms with Crippen molar-refractivity contribution in [1.29, 1.82) is 0 Å². The summed E-state index contributed by atoms with van der Waals surface area (Å²) in [5, 5.41) is 12.8. The predicted octanol–water partition coefficient (Wildman–Crippen LogP) is 1.36. The van der Waals surface area contributed by atoms with E-state index in [1.54, 1.807) is 24.3 Å². The van der Waals surface area contributed by atoms with Gasteiger partial charge >= 0.3 is 0 Å². The quantitative estimate of drug-likeness (QED) is 0.858. The minimum atomic E-state index is -3.18. The highest BCUT2D eigenvalue weighted by molar-refractivity contribution is 7.90. The fraction of sp³-hybridized carbons (Fsp3) is 0.600. The van der Waals surface area contributed by atoms with Crippen molar-refractivity contribution in [3.63, 3.8) is 0 Å². The number of hydrogen-bond donors (Lipinski definition) is 2. The van der Waals surface area contributed by atoms with E-state index in [0.717, 1.165) is 25.7 Å². The lowest BCUT2D eigenvalue weighted by Gasteiger charge is -2.39. The van der Waals surface area contributed by atoms with Crippen LogP contribution >= 0.6 is 0 Å². The standard InChI is InChI=1S/C15H23NO4S/c1-16-15(11-17)9-3-4-13(10-15)20-12-5-7-14(8-6-12)21(2,18)19/h5-8,13,16-17H,3-4,9-11H2,1-2H3. The molecule has 2 rings (SSSR count). The summed E-state index contributed by atoms with van der Waals surface area (Å²) in [7, 11) is -1.32. The molecule has 1 aliphatic carbocycles. The van der Waals surface area contributed by atoms with Crippen molar-refractivity contribution in [3.05, 3.63) is 24.3 Å². The Labute approximate surface area is 126 Å². The molecule has 1 fully saturated rings. The summed E-state index contributed by atoms with van der Waals surface area (Å²) in [6.07, 6.45) is 4.83. The molecular weight excluding hydrogens is 290 g/mol. The minimum absolute atomic E-state index is 0.0300. The van der Waals surface area contributed by atoms with Crippen molar-refractivity contribution in [2.75, 3.05) is 19.9 Å². The second-order valence-electron chi connectivity index (χ2n) is 5.77. The van der Waals surface area contributed by atoms with Crippen LogP contribution in [0.5, 0.6) is 5.75 Å². The Kier molecular flexibility index (Phi) is 4.91. The first-order chi connectivity index (χ1) is 9.88. The molecule has 0 spiro atoms. The molecular formula is C15H23NO4S. The third kappa shape index (κ3) is 3.96. The van der Waals surface area contributed by atoms with Gasteiger partial charge in [-0.25, -0.2) is 8.42 Å². The fourth-order valence-corrected chi connectivity index (χ4v) is 3.45. The number of ether oxygens (including phenoxy) is 1. The molecule has 6 heteroatoms. The van der Waals surface area contributed by atoms with Crippen molar-refractivity contribution in [2.24, 2.45) is 0 Å². The van der Waals surface area contributed by atoms with Gasteiger partial charge in [-0.05, 0) is 50.6 Å². The van der Waals surface area contributed by atoms with Crippen LogP contribution < -0.4 is 10.1 Å². The summed E-state index contributed by atoms with van der Waals surface area (Å²) >= 11 is 0. The van der Waals surface area contributed by atoms with E-state index in [0.29, 0.717) is 10.6 Å². The maximum absolute atomic E-state index is 11.4. The van der Waals surface area contributed by atoms with Crippen LogP contribution in [0.4, 0.5) is 0 Å². The second kappa shape index (κ2) is 6.34. The molecule has 1 aromatic carbocycles. The summed E-state index contributed by atoms with van der Waals surface area (Å²) in [4.78, 5) is 0.290. The van der Waals surface area contributed by atoms with Crippen LogP contribution in [0.2, 0.25) is 0 Å². The highest BCUT2D eigenvalue weighted by Crippen LogP contribution is 2.31. The number of rotatable bonds is 5. The normalized spacial score (nSPS) is 26.5. The van der Waals surface area contributed by atoms with E-state index in [4.69, 9.17) is 4.74 Å². The molecule has 0 aliphatic heterocycles. The number of aliphatic hydroxyl groups is 1. The summed E-state index contributed by atoms with van der Waals surface area (Å²) in [5.74, 6) is 0.664. The average molecular weight is 313 g/mol. The molecule has 1 aliphatic rings. The van der Waals surface area contributed by atoms with Crippen molar-refractivity contribution in [3.8, 4) is 5.75 Å². The molecule has 1 saturated carbocycles. The fourth-order valence-electron chi connectivity index (χ4n) is 2.82. The van der Waals surface area contributed by atoms with E-state index in [-0.39, 0.29) is 18.2 Å². The number of aliphatic hydroxyl groups excluding tert-OH is 1. The van der Waals surface area contributed by atoms with Gasteiger partial charge in [0, 0.05) is 18.2 Å². The molecule has 118 valence electrons. The van der Waals surface area contributed by atoms with E-state index < -0.39 is 9.84 Å². The van der Waals surface area contributed by atoms with E-state index in [1.165, 1.54) is 6.26 Å². The summed E-state index contributed by atoms with van der Waals surface area (Å²) in [6, 6.07) is 6.49. The van der Waals surface area contributed by atoms with Crippen molar-refractivity contribution in [1.82, 2.24) is 5.32 Å². The average Bonchev–Trinajstić information content (AvgIpc) is 2.47. The summed E-state index contributed by atoms with van der Waals surface area (Å²) in [5.41, 5.74) is -0.268. The van der Waals surface area contributed by atoms with Crippen LogP contribution in [0.25, 0.3) is 0 Å². The first-order valence-electron chi connectivity index (χ1n) is 7.15. The van der Waals surface area contributed by atoms with Gasteiger partial charge in [-0.3, -0.25) is 0 Å². The molecule has 0 aromatic heterocycles.